The molecule has 3 aromatic carbocycles. The van der Waals surface area contributed by atoms with Crippen molar-refractivity contribution in [1.29, 1.82) is 0 Å². The molecule has 0 radical (unpaired) electrons. The molecule has 0 aliphatic heterocycles. The van der Waals surface area contributed by atoms with Gasteiger partial charge in [-0.3, -0.25) is 9.59 Å². The largest absolute Gasteiger partial charge is 0.481 e. The molecule has 4 rings (SSSR count). The number of carbonyl (C=O) groups excluding carboxylic acids is 1. The fourth-order valence-electron chi connectivity index (χ4n) is 4.37. The summed E-state index contributed by atoms with van der Waals surface area (Å²) in [5.41, 5.74) is 6.03. The van der Waals surface area contributed by atoms with Crippen molar-refractivity contribution in [2.24, 2.45) is 0 Å². The summed E-state index contributed by atoms with van der Waals surface area (Å²) in [4.78, 5) is 27.6. The van der Waals surface area contributed by atoms with Gasteiger partial charge in [-0.25, -0.2) is 4.98 Å². The zero-order valence-corrected chi connectivity index (χ0v) is 23.3. The first kappa shape index (κ1) is 28.6. The van der Waals surface area contributed by atoms with Gasteiger partial charge in [0.05, 0.1) is 6.04 Å². The molecule has 6 nitrogen and oxygen atoms in total. The Bertz CT molecular complexity index is 1390. The summed E-state index contributed by atoms with van der Waals surface area (Å²) >= 11 is 0. The molecule has 0 saturated heterocycles. The van der Waals surface area contributed by atoms with E-state index in [0.717, 1.165) is 22.4 Å². The van der Waals surface area contributed by atoms with Gasteiger partial charge in [0, 0.05) is 41.9 Å². The van der Waals surface area contributed by atoms with Gasteiger partial charge >= 0.3 is 5.97 Å². The van der Waals surface area contributed by atoms with Gasteiger partial charge in [0.25, 0.3) is 0 Å². The topological polar surface area (TPSA) is 88.5 Å². The lowest BCUT2D eigenvalue weighted by atomic mass is 9.86. The lowest BCUT2D eigenvalue weighted by Crippen LogP contribution is -2.19. The van der Waals surface area contributed by atoms with E-state index >= 15 is 0 Å². The summed E-state index contributed by atoms with van der Waals surface area (Å²) in [6.45, 7) is 6.97. The Balaban J connectivity index is 1.40. The standard InChI is InChI=1S/C34H36N2O4/c1-34(2,3)28-17-12-24(13-18-28)27-16-21-32(35-22-27)40-23-30(25-8-5-4-6-9-25)36-29-19-14-26(15-20-29)31(37)10-7-11-33(38)39/h4-6,8-9,12-22,30,36H,7,10-11,23H2,1-3H3,(H,38,39)/t30-/m1/s1. The van der Waals surface area contributed by atoms with Gasteiger partial charge in [-0.15, -0.1) is 0 Å². The minimum atomic E-state index is -0.890. The number of aliphatic carboxylic acids is 1. The van der Waals surface area contributed by atoms with Crippen LogP contribution in [0.5, 0.6) is 5.88 Å². The highest BCUT2D eigenvalue weighted by atomic mass is 16.5. The van der Waals surface area contributed by atoms with Crippen LogP contribution in [0.15, 0.2) is 97.2 Å². The Morgan fingerprint density at radius 1 is 0.850 bits per heavy atom. The van der Waals surface area contributed by atoms with Crippen LogP contribution in [-0.2, 0) is 10.2 Å². The number of ether oxygens (including phenoxy) is 1. The Kier molecular flexibility index (Phi) is 9.33. The van der Waals surface area contributed by atoms with Crippen molar-refractivity contribution in [3.63, 3.8) is 0 Å². The number of benzene rings is 3. The van der Waals surface area contributed by atoms with Gasteiger partial charge in [-0.1, -0.05) is 75.4 Å². The molecule has 0 aliphatic rings. The SMILES string of the molecule is CC(C)(C)c1ccc(-c2ccc(OC[C@@H](Nc3ccc(C(=O)CCCC(=O)O)cc3)c3ccccc3)nc2)cc1. The molecule has 0 amide bonds. The number of carboxylic acids is 1. The van der Waals surface area contributed by atoms with Crippen LogP contribution in [0.2, 0.25) is 0 Å². The fraction of sp³-hybridized carbons (Fsp3) is 0.265. The van der Waals surface area contributed by atoms with Crippen LogP contribution in [0, 0.1) is 0 Å². The maximum Gasteiger partial charge on any atom is 0.303 e. The predicted octanol–water partition coefficient (Wildman–Crippen LogP) is 7.72. The Labute approximate surface area is 236 Å². The van der Waals surface area contributed by atoms with Gasteiger partial charge < -0.3 is 15.2 Å². The maximum absolute atomic E-state index is 12.4. The molecule has 6 heteroatoms. The number of carboxylic acid groups (broad SMARTS) is 1. The molecule has 1 aromatic heterocycles. The molecule has 0 spiro atoms. The average Bonchev–Trinajstić information content (AvgIpc) is 2.95. The summed E-state index contributed by atoms with van der Waals surface area (Å²) in [7, 11) is 0. The Morgan fingerprint density at radius 2 is 1.52 bits per heavy atom. The van der Waals surface area contributed by atoms with Crippen LogP contribution in [0.3, 0.4) is 0 Å². The summed E-state index contributed by atoms with van der Waals surface area (Å²) in [6, 6.07) is 29.6. The van der Waals surface area contributed by atoms with E-state index in [4.69, 9.17) is 9.84 Å². The second-order valence-electron chi connectivity index (χ2n) is 10.9. The molecule has 40 heavy (non-hydrogen) atoms. The number of aromatic nitrogens is 1. The third-order valence-electron chi connectivity index (χ3n) is 6.76. The highest BCUT2D eigenvalue weighted by Gasteiger charge is 2.15. The van der Waals surface area contributed by atoms with E-state index in [9.17, 15) is 9.59 Å². The van der Waals surface area contributed by atoms with Crippen molar-refractivity contribution in [1.82, 2.24) is 4.98 Å². The van der Waals surface area contributed by atoms with Crippen molar-refractivity contribution in [2.75, 3.05) is 11.9 Å². The van der Waals surface area contributed by atoms with Crippen molar-refractivity contribution in [3.05, 3.63) is 114 Å². The molecule has 4 aromatic rings. The highest BCUT2D eigenvalue weighted by Crippen LogP contribution is 2.27. The number of carbonyl (C=O) groups is 2. The molecule has 1 atom stereocenters. The first-order valence-corrected chi connectivity index (χ1v) is 13.6. The number of ketones is 1. The smallest absolute Gasteiger partial charge is 0.303 e. The maximum atomic E-state index is 12.4. The van der Waals surface area contributed by atoms with E-state index in [1.807, 2.05) is 60.8 Å². The molecular weight excluding hydrogens is 500 g/mol. The Morgan fingerprint density at radius 3 is 2.12 bits per heavy atom. The minimum absolute atomic E-state index is 0.00768. The van der Waals surface area contributed by atoms with E-state index in [2.05, 4.69) is 55.3 Å². The highest BCUT2D eigenvalue weighted by molar-refractivity contribution is 5.96. The van der Waals surface area contributed by atoms with Crippen LogP contribution in [0.4, 0.5) is 5.69 Å². The summed E-state index contributed by atoms with van der Waals surface area (Å²) in [5, 5.41) is 12.3. The van der Waals surface area contributed by atoms with E-state index in [1.165, 1.54) is 5.56 Å². The lowest BCUT2D eigenvalue weighted by molar-refractivity contribution is -0.137. The zero-order chi connectivity index (χ0) is 28.5. The second-order valence-corrected chi connectivity index (χ2v) is 10.9. The molecule has 0 unspecified atom stereocenters. The van der Waals surface area contributed by atoms with Crippen molar-refractivity contribution in [2.45, 2.75) is 51.5 Å². The molecule has 0 saturated carbocycles. The third kappa shape index (κ3) is 8.03. The van der Waals surface area contributed by atoms with Gasteiger partial charge in [-0.2, -0.15) is 0 Å². The number of pyridine rings is 1. The number of rotatable bonds is 12. The third-order valence-corrected chi connectivity index (χ3v) is 6.76. The number of anilines is 1. The van der Waals surface area contributed by atoms with E-state index in [1.54, 1.807) is 12.1 Å². The number of hydrogen-bond donors (Lipinski definition) is 2. The molecule has 206 valence electrons. The number of Topliss-reactive ketones (excluding diaryl/α,β-unsaturated/α-hetero) is 1. The van der Waals surface area contributed by atoms with Gasteiger partial charge in [0.1, 0.15) is 6.61 Å². The monoisotopic (exact) mass is 536 g/mol. The van der Waals surface area contributed by atoms with Gasteiger partial charge in [0.2, 0.25) is 5.88 Å². The van der Waals surface area contributed by atoms with Crippen LogP contribution in [-0.4, -0.2) is 28.4 Å². The van der Waals surface area contributed by atoms with Crippen molar-refractivity contribution >= 4 is 17.4 Å². The Hall–Kier alpha value is -4.45. The number of nitrogens with one attached hydrogen (secondary N) is 1. The summed E-state index contributed by atoms with van der Waals surface area (Å²) in [6.07, 6.45) is 2.37. The minimum Gasteiger partial charge on any atom is -0.481 e. The van der Waals surface area contributed by atoms with E-state index in [-0.39, 0.29) is 30.1 Å². The van der Waals surface area contributed by atoms with E-state index < -0.39 is 5.97 Å². The normalized spacial score (nSPS) is 12.0. The summed E-state index contributed by atoms with van der Waals surface area (Å²) in [5.74, 6) is -0.408. The van der Waals surface area contributed by atoms with Crippen LogP contribution in [0.25, 0.3) is 11.1 Å². The average molecular weight is 537 g/mol. The molecule has 0 aliphatic carbocycles. The quantitative estimate of drug-likeness (QED) is 0.180. The lowest BCUT2D eigenvalue weighted by Gasteiger charge is -2.21. The van der Waals surface area contributed by atoms with Crippen molar-refractivity contribution in [3.8, 4) is 17.0 Å². The molecule has 2 N–H and O–H groups in total. The summed E-state index contributed by atoms with van der Waals surface area (Å²) < 4.78 is 6.10. The first-order chi connectivity index (χ1) is 19.2. The first-order valence-electron chi connectivity index (χ1n) is 13.6. The fourth-order valence-corrected chi connectivity index (χ4v) is 4.37. The molecule has 0 bridgehead atoms. The predicted molar refractivity (Wildman–Crippen MR) is 159 cm³/mol. The van der Waals surface area contributed by atoms with Gasteiger partial charge in [-0.05, 0) is 58.9 Å². The van der Waals surface area contributed by atoms with Gasteiger partial charge in [0.15, 0.2) is 5.78 Å². The van der Waals surface area contributed by atoms with E-state index in [0.29, 0.717) is 24.5 Å². The van der Waals surface area contributed by atoms with Crippen LogP contribution >= 0.6 is 0 Å². The molecule has 1 heterocycles. The zero-order valence-electron chi connectivity index (χ0n) is 23.3. The number of hydrogen-bond acceptors (Lipinski definition) is 5. The number of nitrogens with zero attached hydrogens (tertiary/aromatic N) is 1. The van der Waals surface area contributed by atoms with Crippen molar-refractivity contribution < 1.29 is 19.4 Å². The molecule has 0 fully saturated rings. The molecular formula is C34H36N2O4. The van der Waals surface area contributed by atoms with Crippen LogP contribution < -0.4 is 10.1 Å². The second kappa shape index (κ2) is 13.1. The van der Waals surface area contributed by atoms with Crippen LogP contribution in [0.1, 0.15) is 67.6 Å².